The van der Waals surface area contributed by atoms with E-state index in [1.165, 1.54) is 31.2 Å². The second kappa shape index (κ2) is 8.82. The van der Waals surface area contributed by atoms with Crippen molar-refractivity contribution in [2.24, 2.45) is 0 Å². The number of amides is 2. The van der Waals surface area contributed by atoms with Gasteiger partial charge in [0.1, 0.15) is 0 Å². The smallest absolute Gasteiger partial charge is 0.221 e. The molecule has 26 heavy (non-hydrogen) atoms. The first-order chi connectivity index (χ1) is 12.3. The minimum Gasteiger partial charge on any atom is -0.352 e. The number of anilines is 1. The quantitative estimate of drug-likeness (QED) is 0.755. The molecule has 2 aromatic carbocycles. The molecule has 0 bridgehead atoms. The molecule has 0 aliphatic rings. The highest BCUT2D eigenvalue weighted by molar-refractivity contribution is 7.91. The predicted octanol–water partition coefficient (Wildman–Crippen LogP) is 2.78. The number of rotatable bonds is 7. The van der Waals surface area contributed by atoms with Crippen LogP contribution in [0, 0.1) is 0 Å². The summed E-state index contributed by atoms with van der Waals surface area (Å²) in [4.78, 5) is 23.0. The van der Waals surface area contributed by atoms with E-state index in [1.54, 1.807) is 18.2 Å². The molecule has 0 fully saturated rings. The summed E-state index contributed by atoms with van der Waals surface area (Å²) < 4.78 is 24.6. The van der Waals surface area contributed by atoms with Gasteiger partial charge in [0.05, 0.1) is 10.6 Å². The second-order valence-corrected chi connectivity index (χ2v) is 8.16. The minimum atomic E-state index is -3.59. The predicted molar refractivity (Wildman–Crippen MR) is 101 cm³/mol. The summed E-state index contributed by atoms with van der Waals surface area (Å²) in [5, 5.41) is 5.76. The molecule has 2 N–H and O–H groups in total. The molecule has 0 aliphatic heterocycles. The van der Waals surface area contributed by atoms with Gasteiger partial charge in [0.15, 0.2) is 9.84 Å². The van der Waals surface area contributed by atoms with Crippen molar-refractivity contribution in [3.05, 3.63) is 59.1 Å². The average Bonchev–Trinajstić information content (AvgIpc) is 2.59. The van der Waals surface area contributed by atoms with Crippen LogP contribution >= 0.6 is 11.6 Å². The van der Waals surface area contributed by atoms with Crippen LogP contribution in [0.4, 0.5) is 5.69 Å². The fraction of sp³-hybridized carbons (Fsp3) is 0.222. The number of benzene rings is 2. The van der Waals surface area contributed by atoms with Crippen LogP contribution in [-0.2, 0) is 26.0 Å². The highest BCUT2D eigenvalue weighted by atomic mass is 35.5. The molecule has 0 saturated carbocycles. The van der Waals surface area contributed by atoms with E-state index in [1.807, 2.05) is 6.07 Å². The van der Waals surface area contributed by atoms with Gasteiger partial charge in [-0.25, -0.2) is 8.42 Å². The monoisotopic (exact) mass is 394 g/mol. The van der Waals surface area contributed by atoms with E-state index in [0.29, 0.717) is 10.7 Å². The van der Waals surface area contributed by atoms with Crippen molar-refractivity contribution >= 4 is 38.9 Å². The molecule has 0 radical (unpaired) electrons. The van der Waals surface area contributed by atoms with Gasteiger partial charge in [-0.2, -0.15) is 0 Å². The van der Waals surface area contributed by atoms with Crippen LogP contribution in [-0.4, -0.2) is 26.0 Å². The molecule has 0 aliphatic carbocycles. The van der Waals surface area contributed by atoms with Crippen LogP contribution < -0.4 is 10.6 Å². The van der Waals surface area contributed by atoms with Gasteiger partial charge < -0.3 is 10.6 Å². The van der Waals surface area contributed by atoms with E-state index in [4.69, 9.17) is 11.6 Å². The number of hydrogen-bond acceptors (Lipinski definition) is 4. The molecule has 0 atom stereocenters. The number of carbonyl (C=O) groups is 2. The Labute approximate surface area is 157 Å². The SMILES string of the molecule is CC(=O)Nc1ccc(S(=O)(=O)CCC(=O)NCc2ccccc2Cl)cc1. The summed E-state index contributed by atoms with van der Waals surface area (Å²) >= 11 is 6.01. The van der Waals surface area contributed by atoms with Gasteiger partial charge >= 0.3 is 0 Å². The molecule has 0 saturated heterocycles. The van der Waals surface area contributed by atoms with E-state index in [-0.39, 0.29) is 35.4 Å². The van der Waals surface area contributed by atoms with Gasteiger partial charge in [-0.15, -0.1) is 0 Å². The van der Waals surface area contributed by atoms with Crippen molar-refractivity contribution in [3.63, 3.8) is 0 Å². The molecule has 0 heterocycles. The number of halogens is 1. The minimum absolute atomic E-state index is 0.102. The average molecular weight is 395 g/mol. The van der Waals surface area contributed by atoms with Gasteiger partial charge in [-0.3, -0.25) is 9.59 Å². The summed E-state index contributed by atoms with van der Waals surface area (Å²) in [5.41, 5.74) is 1.27. The lowest BCUT2D eigenvalue weighted by Crippen LogP contribution is -2.25. The molecular weight excluding hydrogens is 376 g/mol. The maximum absolute atomic E-state index is 12.3. The third kappa shape index (κ3) is 5.86. The molecule has 2 aromatic rings. The molecule has 0 unspecified atom stereocenters. The molecule has 2 amide bonds. The molecule has 138 valence electrons. The summed E-state index contributed by atoms with van der Waals surface area (Å²) in [7, 11) is -3.59. The molecule has 6 nitrogen and oxygen atoms in total. The third-order valence-corrected chi connectivity index (χ3v) is 5.67. The standard InChI is InChI=1S/C18H19ClN2O4S/c1-13(22)21-15-6-8-16(9-7-15)26(24,25)11-10-18(23)20-12-14-4-2-3-5-17(14)19/h2-9H,10-12H2,1H3,(H,20,23)(H,21,22). The molecule has 0 aromatic heterocycles. The molecule has 8 heteroatoms. The van der Waals surface area contributed by atoms with E-state index >= 15 is 0 Å². The Morgan fingerprint density at radius 3 is 2.31 bits per heavy atom. The normalized spacial score (nSPS) is 11.0. The molecule has 0 spiro atoms. The van der Waals surface area contributed by atoms with E-state index in [2.05, 4.69) is 10.6 Å². The van der Waals surface area contributed by atoms with Gasteiger partial charge in [0.2, 0.25) is 11.8 Å². The Morgan fingerprint density at radius 1 is 1.04 bits per heavy atom. The lowest BCUT2D eigenvalue weighted by molar-refractivity contribution is -0.120. The third-order valence-electron chi connectivity index (χ3n) is 3.57. The second-order valence-electron chi connectivity index (χ2n) is 5.64. The number of sulfone groups is 1. The zero-order valence-corrected chi connectivity index (χ0v) is 15.7. The van der Waals surface area contributed by atoms with E-state index in [0.717, 1.165) is 5.56 Å². The highest BCUT2D eigenvalue weighted by Crippen LogP contribution is 2.17. The van der Waals surface area contributed by atoms with Crippen LogP contribution in [0.1, 0.15) is 18.9 Å². The lowest BCUT2D eigenvalue weighted by atomic mass is 10.2. The van der Waals surface area contributed by atoms with Gasteiger partial charge in [0, 0.05) is 30.6 Å². The zero-order chi connectivity index (χ0) is 19.2. The maximum atomic E-state index is 12.3. The Kier molecular flexibility index (Phi) is 6.76. The van der Waals surface area contributed by atoms with Crippen LogP contribution in [0.15, 0.2) is 53.4 Å². The van der Waals surface area contributed by atoms with Crippen molar-refractivity contribution in [2.75, 3.05) is 11.1 Å². The lowest BCUT2D eigenvalue weighted by Gasteiger charge is -2.08. The van der Waals surface area contributed by atoms with E-state index in [9.17, 15) is 18.0 Å². The Morgan fingerprint density at radius 2 is 1.69 bits per heavy atom. The Balaban J connectivity index is 1.89. The number of hydrogen-bond donors (Lipinski definition) is 2. The van der Waals surface area contributed by atoms with Crippen molar-refractivity contribution in [3.8, 4) is 0 Å². The van der Waals surface area contributed by atoms with Crippen molar-refractivity contribution < 1.29 is 18.0 Å². The summed E-state index contributed by atoms with van der Waals surface area (Å²) in [5.74, 6) is -0.917. The van der Waals surface area contributed by atoms with Crippen LogP contribution in [0.25, 0.3) is 0 Å². The van der Waals surface area contributed by atoms with Gasteiger partial charge in [0.25, 0.3) is 0 Å². The Bertz CT molecular complexity index is 896. The van der Waals surface area contributed by atoms with Crippen LogP contribution in [0.2, 0.25) is 5.02 Å². The largest absolute Gasteiger partial charge is 0.352 e. The first-order valence-corrected chi connectivity index (χ1v) is 9.91. The fourth-order valence-electron chi connectivity index (χ4n) is 2.22. The number of carbonyl (C=O) groups excluding carboxylic acids is 2. The van der Waals surface area contributed by atoms with Crippen LogP contribution in [0.3, 0.4) is 0 Å². The fourth-order valence-corrected chi connectivity index (χ4v) is 3.66. The highest BCUT2D eigenvalue weighted by Gasteiger charge is 2.16. The van der Waals surface area contributed by atoms with Crippen molar-refractivity contribution in [2.45, 2.75) is 24.8 Å². The van der Waals surface area contributed by atoms with Gasteiger partial charge in [-0.1, -0.05) is 29.8 Å². The zero-order valence-electron chi connectivity index (χ0n) is 14.2. The topological polar surface area (TPSA) is 92.3 Å². The first-order valence-electron chi connectivity index (χ1n) is 7.88. The maximum Gasteiger partial charge on any atom is 0.221 e. The van der Waals surface area contributed by atoms with Crippen LogP contribution in [0.5, 0.6) is 0 Å². The van der Waals surface area contributed by atoms with Crippen molar-refractivity contribution in [1.29, 1.82) is 0 Å². The number of nitrogens with one attached hydrogen (secondary N) is 2. The summed E-state index contributed by atoms with van der Waals surface area (Å²) in [6, 6.07) is 12.9. The summed E-state index contributed by atoms with van der Waals surface area (Å²) in [6.07, 6.45) is -0.153. The molecule has 2 rings (SSSR count). The molecular formula is C18H19ClN2O4S. The summed E-state index contributed by atoms with van der Waals surface area (Å²) in [6.45, 7) is 1.61. The Hall–Kier alpha value is -2.38. The first kappa shape index (κ1) is 19.9. The van der Waals surface area contributed by atoms with Crippen molar-refractivity contribution in [1.82, 2.24) is 5.32 Å². The van der Waals surface area contributed by atoms with Gasteiger partial charge in [-0.05, 0) is 35.9 Å². The van der Waals surface area contributed by atoms with E-state index < -0.39 is 9.84 Å².